The fraction of sp³-hybridized carbons (Fsp3) is 0.947. The van der Waals surface area contributed by atoms with Crippen LogP contribution in [0.1, 0.15) is 80.1 Å². The van der Waals surface area contributed by atoms with E-state index in [1.165, 1.54) is 0 Å². The van der Waals surface area contributed by atoms with E-state index >= 15 is 0 Å². The zero-order chi connectivity index (χ0) is 17.0. The van der Waals surface area contributed by atoms with Crippen molar-refractivity contribution >= 4 is 5.78 Å². The SMILES string of the molecule is CC1(C)C[C@H](O)C[C@@]1(C)CC(=O)C[C@]1(C)C[C@@H](O)CC1(C)C. The van der Waals surface area contributed by atoms with E-state index in [4.69, 9.17) is 0 Å². The maximum Gasteiger partial charge on any atom is 0.134 e. The molecule has 0 bridgehead atoms. The lowest BCUT2D eigenvalue weighted by molar-refractivity contribution is -0.126. The molecule has 0 aromatic carbocycles. The summed E-state index contributed by atoms with van der Waals surface area (Å²) in [5.41, 5.74) is -0.260. The molecule has 0 unspecified atom stereocenters. The van der Waals surface area contributed by atoms with E-state index in [0.717, 1.165) is 12.8 Å². The summed E-state index contributed by atoms with van der Waals surface area (Å²) < 4.78 is 0. The van der Waals surface area contributed by atoms with Crippen LogP contribution in [0.15, 0.2) is 0 Å². The van der Waals surface area contributed by atoms with E-state index in [2.05, 4.69) is 41.5 Å². The number of aliphatic hydroxyl groups excluding tert-OH is 2. The van der Waals surface area contributed by atoms with Crippen molar-refractivity contribution in [2.75, 3.05) is 0 Å². The van der Waals surface area contributed by atoms with E-state index in [1.807, 2.05) is 0 Å². The van der Waals surface area contributed by atoms with Gasteiger partial charge >= 0.3 is 0 Å². The van der Waals surface area contributed by atoms with Gasteiger partial charge in [0.05, 0.1) is 12.2 Å². The molecule has 0 radical (unpaired) electrons. The van der Waals surface area contributed by atoms with Gasteiger partial charge in [-0.2, -0.15) is 0 Å². The Morgan fingerprint density at radius 2 is 1.09 bits per heavy atom. The Hall–Kier alpha value is -0.410. The van der Waals surface area contributed by atoms with E-state index in [1.54, 1.807) is 0 Å². The molecule has 0 aromatic heterocycles. The first kappa shape index (κ1) is 17.9. The van der Waals surface area contributed by atoms with Crippen molar-refractivity contribution in [2.24, 2.45) is 21.7 Å². The Morgan fingerprint density at radius 1 is 0.773 bits per heavy atom. The normalized spacial score (nSPS) is 43.5. The second kappa shape index (κ2) is 5.31. The van der Waals surface area contributed by atoms with E-state index < -0.39 is 0 Å². The molecule has 0 heterocycles. The van der Waals surface area contributed by atoms with Gasteiger partial charge in [0.15, 0.2) is 0 Å². The number of rotatable bonds is 4. The van der Waals surface area contributed by atoms with Crippen LogP contribution in [0.25, 0.3) is 0 Å². The molecule has 22 heavy (non-hydrogen) atoms. The van der Waals surface area contributed by atoms with Gasteiger partial charge in [-0.3, -0.25) is 4.79 Å². The Labute approximate surface area is 135 Å². The maximum absolute atomic E-state index is 12.8. The smallest absolute Gasteiger partial charge is 0.134 e. The molecule has 3 heteroatoms. The van der Waals surface area contributed by atoms with Gasteiger partial charge in [-0.1, -0.05) is 41.5 Å². The first-order valence-electron chi connectivity index (χ1n) is 8.68. The molecule has 2 N–H and O–H groups in total. The Morgan fingerprint density at radius 3 is 1.32 bits per heavy atom. The van der Waals surface area contributed by atoms with Crippen molar-refractivity contribution in [2.45, 2.75) is 92.3 Å². The largest absolute Gasteiger partial charge is 0.393 e. The van der Waals surface area contributed by atoms with Crippen molar-refractivity contribution in [1.82, 2.24) is 0 Å². The van der Waals surface area contributed by atoms with Crippen molar-refractivity contribution < 1.29 is 15.0 Å². The van der Waals surface area contributed by atoms with Crippen LogP contribution in [-0.4, -0.2) is 28.2 Å². The molecule has 0 spiro atoms. The molecular weight excluding hydrogens is 276 g/mol. The van der Waals surface area contributed by atoms with Crippen LogP contribution in [0.2, 0.25) is 0 Å². The fourth-order valence-corrected chi connectivity index (χ4v) is 4.96. The molecule has 0 amide bonds. The molecule has 2 rings (SSSR count). The average Bonchev–Trinajstić information content (AvgIpc) is 2.54. The third-order valence-corrected chi connectivity index (χ3v) is 7.31. The number of carbonyl (C=O) groups excluding carboxylic acids is 1. The highest BCUT2D eigenvalue weighted by Crippen LogP contribution is 2.57. The quantitative estimate of drug-likeness (QED) is 0.832. The standard InChI is InChI=1S/C19H34O3/c1-16(2)7-13(20)9-18(16,5)11-15(22)12-19(6)10-14(21)8-17(19,3)4/h13-14,20-21H,7-12H2,1-6H3/t13-,14-,18-,19-/m0/s1. The molecule has 3 nitrogen and oxygen atoms in total. The van der Waals surface area contributed by atoms with Gasteiger partial charge in [0.25, 0.3) is 0 Å². The molecule has 2 aliphatic rings. The van der Waals surface area contributed by atoms with Crippen LogP contribution >= 0.6 is 0 Å². The topological polar surface area (TPSA) is 57.5 Å². The van der Waals surface area contributed by atoms with Gasteiger partial charge < -0.3 is 10.2 Å². The molecule has 2 aliphatic carbocycles. The summed E-state index contributed by atoms with van der Waals surface area (Å²) in [5.74, 6) is 0.286. The highest BCUT2D eigenvalue weighted by molar-refractivity contribution is 5.80. The van der Waals surface area contributed by atoms with E-state index in [-0.39, 0.29) is 39.7 Å². The molecule has 4 atom stereocenters. The number of hydrogen-bond donors (Lipinski definition) is 2. The minimum absolute atomic E-state index is 0.00626. The van der Waals surface area contributed by atoms with Crippen LogP contribution < -0.4 is 0 Å². The Balaban J connectivity index is 2.08. The molecule has 0 saturated heterocycles. The second-order valence-electron chi connectivity index (χ2n) is 9.91. The zero-order valence-corrected chi connectivity index (χ0v) is 15.2. The van der Waals surface area contributed by atoms with Crippen molar-refractivity contribution in [3.8, 4) is 0 Å². The summed E-state index contributed by atoms with van der Waals surface area (Å²) in [5, 5.41) is 20.0. The Bertz CT molecular complexity index is 414. The zero-order valence-electron chi connectivity index (χ0n) is 15.2. The second-order valence-corrected chi connectivity index (χ2v) is 9.91. The lowest BCUT2D eigenvalue weighted by atomic mass is 9.63. The molecule has 2 fully saturated rings. The van der Waals surface area contributed by atoms with E-state index in [9.17, 15) is 15.0 Å². The van der Waals surface area contributed by atoms with Crippen LogP contribution in [0, 0.1) is 21.7 Å². The van der Waals surface area contributed by atoms with Gasteiger partial charge in [0, 0.05) is 12.8 Å². The van der Waals surface area contributed by atoms with Crippen molar-refractivity contribution in [1.29, 1.82) is 0 Å². The van der Waals surface area contributed by atoms with Gasteiger partial charge in [-0.15, -0.1) is 0 Å². The van der Waals surface area contributed by atoms with Gasteiger partial charge in [-0.05, 0) is 47.3 Å². The number of aliphatic hydroxyl groups is 2. The third-order valence-electron chi connectivity index (χ3n) is 7.31. The Kier molecular flexibility index (Phi) is 4.33. The fourth-order valence-electron chi connectivity index (χ4n) is 4.96. The monoisotopic (exact) mass is 310 g/mol. The summed E-state index contributed by atoms with van der Waals surface area (Å²) in [6, 6.07) is 0. The van der Waals surface area contributed by atoms with Gasteiger partial charge in [-0.25, -0.2) is 0 Å². The summed E-state index contributed by atoms with van der Waals surface area (Å²) >= 11 is 0. The highest BCUT2D eigenvalue weighted by Gasteiger charge is 2.53. The molecule has 2 saturated carbocycles. The molecule has 128 valence electrons. The lowest BCUT2D eigenvalue weighted by Crippen LogP contribution is -2.36. The van der Waals surface area contributed by atoms with Gasteiger partial charge in [0.1, 0.15) is 5.78 Å². The summed E-state index contributed by atoms with van der Waals surface area (Å²) in [7, 11) is 0. The predicted octanol–water partition coefficient (Wildman–Crippen LogP) is 3.71. The summed E-state index contributed by atoms with van der Waals surface area (Å²) in [6.07, 6.45) is 3.50. The van der Waals surface area contributed by atoms with Crippen LogP contribution in [0.4, 0.5) is 0 Å². The van der Waals surface area contributed by atoms with Crippen molar-refractivity contribution in [3.05, 3.63) is 0 Å². The van der Waals surface area contributed by atoms with Crippen LogP contribution in [0.5, 0.6) is 0 Å². The highest BCUT2D eigenvalue weighted by atomic mass is 16.3. The van der Waals surface area contributed by atoms with E-state index in [0.29, 0.717) is 25.7 Å². The third kappa shape index (κ3) is 2.99. The average molecular weight is 310 g/mol. The van der Waals surface area contributed by atoms with Gasteiger partial charge in [0.2, 0.25) is 0 Å². The number of hydrogen-bond acceptors (Lipinski definition) is 3. The molecule has 0 aliphatic heterocycles. The summed E-state index contributed by atoms with van der Waals surface area (Å²) in [4.78, 5) is 12.8. The molecular formula is C19H34O3. The number of carbonyl (C=O) groups is 1. The predicted molar refractivity (Wildman–Crippen MR) is 88.5 cm³/mol. The minimum atomic E-state index is -0.284. The maximum atomic E-state index is 12.8. The number of ketones is 1. The first-order chi connectivity index (χ1) is 9.80. The van der Waals surface area contributed by atoms with Crippen molar-refractivity contribution in [3.63, 3.8) is 0 Å². The van der Waals surface area contributed by atoms with Crippen LogP contribution in [0.3, 0.4) is 0 Å². The first-order valence-corrected chi connectivity index (χ1v) is 8.68. The number of Topliss-reactive ketones (excluding diaryl/α,β-unsaturated/α-hetero) is 1. The minimum Gasteiger partial charge on any atom is -0.393 e. The molecule has 0 aromatic rings. The lowest BCUT2D eigenvalue weighted by Gasteiger charge is -2.41. The van der Waals surface area contributed by atoms with Crippen LogP contribution in [-0.2, 0) is 4.79 Å². The summed E-state index contributed by atoms with van der Waals surface area (Å²) in [6.45, 7) is 13.0.